The first-order valence-electron chi connectivity index (χ1n) is 7.38. The minimum Gasteiger partial charge on any atom is -0.393 e. The second-order valence-electron chi connectivity index (χ2n) is 5.62. The third kappa shape index (κ3) is 4.07. The van der Waals surface area contributed by atoms with Crippen molar-refractivity contribution >= 4 is 5.91 Å². The van der Waals surface area contributed by atoms with Gasteiger partial charge in [0.15, 0.2) is 0 Å². The Morgan fingerprint density at radius 2 is 2.05 bits per heavy atom. The maximum atomic E-state index is 12.2. The summed E-state index contributed by atoms with van der Waals surface area (Å²) >= 11 is 0. The Kier molecular flexibility index (Phi) is 6.20. The summed E-state index contributed by atoms with van der Waals surface area (Å²) in [4.78, 5) is 12.2. The lowest BCUT2D eigenvalue weighted by Gasteiger charge is -2.14. The van der Waals surface area contributed by atoms with Gasteiger partial charge in [-0.2, -0.15) is 5.10 Å². The summed E-state index contributed by atoms with van der Waals surface area (Å²) in [5, 5.41) is 17.0. The topological polar surface area (TPSA) is 67.2 Å². The van der Waals surface area contributed by atoms with Crippen molar-refractivity contribution in [3.8, 4) is 0 Å². The van der Waals surface area contributed by atoms with Crippen LogP contribution in [0.2, 0.25) is 0 Å². The second-order valence-corrected chi connectivity index (χ2v) is 5.62. The second kappa shape index (κ2) is 7.43. The summed E-state index contributed by atoms with van der Waals surface area (Å²) in [5.41, 5.74) is 2.33. The van der Waals surface area contributed by atoms with Crippen molar-refractivity contribution in [3.05, 3.63) is 17.0 Å². The number of nitrogens with zero attached hydrogens (tertiary/aromatic N) is 2. The molecule has 0 fully saturated rings. The SMILES string of the molecule is CCCn1nc(C)c(C(=O)NCCC(O)C(C)C)c1C. The molecule has 0 aromatic carbocycles. The summed E-state index contributed by atoms with van der Waals surface area (Å²) in [6, 6.07) is 0. The number of nitrogens with one attached hydrogen (secondary N) is 1. The van der Waals surface area contributed by atoms with Gasteiger partial charge in [-0.15, -0.1) is 0 Å². The summed E-state index contributed by atoms with van der Waals surface area (Å²) in [7, 11) is 0. The Labute approximate surface area is 121 Å². The molecule has 0 bridgehead atoms. The van der Waals surface area contributed by atoms with Crippen LogP contribution >= 0.6 is 0 Å². The van der Waals surface area contributed by atoms with Crippen molar-refractivity contribution in [2.75, 3.05) is 6.54 Å². The Morgan fingerprint density at radius 1 is 1.40 bits per heavy atom. The predicted molar refractivity (Wildman–Crippen MR) is 79.8 cm³/mol. The Morgan fingerprint density at radius 3 is 2.60 bits per heavy atom. The predicted octanol–water partition coefficient (Wildman–Crippen LogP) is 2.05. The zero-order valence-electron chi connectivity index (χ0n) is 13.2. The molecule has 1 amide bonds. The number of aromatic nitrogens is 2. The van der Waals surface area contributed by atoms with Crippen LogP contribution in [-0.4, -0.2) is 33.4 Å². The van der Waals surface area contributed by atoms with Gasteiger partial charge in [-0.1, -0.05) is 20.8 Å². The fourth-order valence-electron chi connectivity index (χ4n) is 2.21. The van der Waals surface area contributed by atoms with E-state index in [0.717, 1.165) is 24.4 Å². The van der Waals surface area contributed by atoms with Crippen molar-refractivity contribution in [1.82, 2.24) is 15.1 Å². The van der Waals surface area contributed by atoms with E-state index >= 15 is 0 Å². The lowest BCUT2D eigenvalue weighted by molar-refractivity contribution is 0.0919. The van der Waals surface area contributed by atoms with Crippen molar-refractivity contribution in [2.24, 2.45) is 5.92 Å². The highest BCUT2D eigenvalue weighted by atomic mass is 16.3. The zero-order chi connectivity index (χ0) is 15.3. The number of carbonyl (C=O) groups excluding carboxylic acids is 1. The molecule has 0 spiro atoms. The quantitative estimate of drug-likeness (QED) is 0.804. The van der Waals surface area contributed by atoms with Crippen molar-refractivity contribution in [2.45, 2.75) is 60.1 Å². The number of aryl methyl sites for hydroxylation is 2. The van der Waals surface area contributed by atoms with E-state index < -0.39 is 0 Å². The van der Waals surface area contributed by atoms with Crippen molar-refractivity contribution in [3.63, 3.8) is 0 Å². The molecule has 1 heterocycles. The van der Waals surface area contributed by atoms with Gasteiger partial charge in [-0.3, -0.25) is 9.48 Å². The average Bonchev–Trinajstić information content (AvgIpc) is 2.64. The first-order chi connectivity index (χ1) is 9.38. The molecule has 1 aromatic heterocycles. The van der Waals surface area contributed by atoms with Gasteiger partial charge in [0.25, 0.3) is 5.91 Å². The minimum absolute atomic E-state index is 0.0988. The molecule has 0 saturated carbocycles. The van der Waals surface area contributed by atoms with E-state index in [1.807, 2.05) is 32.4 Å². The molecule has 5 nitrogen and oxygen atoms in total. The molecule has 0 aliphatic carbocycles. The van der Waals surface area contributed by atoms with E-state index in [1.54, 1.807) is 0 Å². The van der Waals surface area contributed by atoms with Gasteiger partial charge in [-0.25, -0.2) is 0 Å². The highest BCUT2D eigenvalue weighted by Crippen LogP contribution is 2.13. The molecule has 2 N–H and O–H groups in total. The molecular weight excluding hydrogens is 254 g/mol. The third-order valence-electron chi connectivity index (χ3n) is 3.54. The van der Waals surface area contributed by atoms with Crippen LogP contribution in [0.3, 0.4) is 0 Å². The van der Waals surface area contributed by atoms with Crippen LogP contribution in [0.15, 0.2) is 0 Å². The molecule has 20 heavy (non-hydrogen) atoms. The standard InChI is InChI=1S/C15H27N3O2/c1-6-9-18-12(5)14(11(4)17-18)15(20)16-8-7-13(19)10(2)3/h10,13,19H,6-9H2,1-5H3,(H,16,20). The van der Waals surface area contributed by atoms with E-state index in [2.05, 4.69) is 17.3 Å². The number of aliphatic hydroxyl groups is 1. The summed E-state index contributed by atoms with van der Waals surface area (Å²) < 4.78 is 1.88. The largest absolute Gasteiger partial charge is 0.393 e. The van der Waals surface area contributed by atoms with Crippen molar-refractivity contribution in [1.29, 1.82) is 0 Å². The zero-order valence-corrected chi connectivity index (χ0v) is 13.2. The van der Waals surface area contributed by atoms with Crippen LogP contribution in [0.5, 0.6) is 0 Å². The molecule has 0 saturated heterocycles. The van der Waals surface area contributed by atoms with Gasteiger partial charge in [0.05, 0.1) is 17.4 Å². The van der Waals surface area contributed by atoms with E-state index in [1.165, 1.54) is 0 Å². The summed E-state index contributed by atoms with van der Waals surface area (Å²) in [6.45, 7) is 11.1. The van der Waals surface area contributed by atoms with Gasteiger partial charge >= 0.3 is 0 Å². The van der Waals surface area contributed by atoms with Crippen LogP contribution < -0.4 is 5.32 Å². The maximum absolute atomic E-state index is 12.2. The highest BCUT2D eigenvalue weighted by Gasteiger charge is 2.18. The van der Waals surface area contributed by atoms with Gasteiger partial charge in [0, 0.05) is 18.8 Å². The molecule has 0 aliphatic rings. The number of aliphatic hydroxyl groups excluding tert-OH is 1. The minimum atomic E-state index is -0.375. The molecule has 114 valence electrons. The number of amides is 1. The normalized spacial score (nSPS) is 12.8. The Balaban J connectivity index is 2.64. The van der Waals surface area contributed by atoms with Gasteiger partial charge < -0.3 is 10.4 Å². The van der Waals surface area contributed by atoms with Crippen molar-refractivity contribution < 1.29 is 9.90 Å². The lowest BCUT2D eigenvalue weighted by atomic mass is 10.0. The maximum Gasteiger partial charge on any atom is 0.255 e. The van der Waals surface area contributed by atoms with Crippen LogP contribution in [0.1, 0.15) is 55.4 Å². The highest BCUT2D eigenvalue weighted by molar-refractivity contribution is 5.96. The third-order valence-corrected chi connectivity index (χ3v) is 3.54. The molecule has 1 unspecified atom stereocenters. The fourth-order valence-corrected chi connectivity index (χ4v) is 2.21. The lowest BCUT2D eigenvalue weighted by Crippen LogP contribution is -2.29. The Hall–Kier alpha value is -1.36. The summed E-state index contributed by atoms with van der Waals surface area (Å²) in [6.07, 6.45) is 1.19. The molecule has 1 aromatic rings. The van der Waals surface area contributed by atoms with Gasteiger partial charge in [0.1, 0.15) is 0 Å². The molecule has 1 rings (SSSR count). The molecule has 1 atom stereocenters. The van der Waals surface area contributed by atoms with Crippen LogP contribution in [0.25, 0.3) is 0 Å². The van der Waals surface area contributed by atoms with E-state index in [0.29, 0.717) is 18.5 Å². The molecular formula is C15H27N3O2. The van der Waals surface area contributed by atoms with Crippen LogP contribution in [-0.2, 0) is 6.54 Å². The van der Waals surface area contributed by atoms with Gasteiger partial charge in [-0.05, 0) is 32.6 Å². The first kappa shape index (κ1) is 16.7. The van der Waals surface area contributed by atoms with Crippen LogP contribution in [0, 0.1) is 19.8 Å². The molecule has 0 radical (unpaired) electrons. The van der Waals surface area contributed by atoms with E-state index in [4.69, 9.17) is 0 Å². The Bertz CT molecular complexity index is 452. The number of hydrogen-bond acceptors (Lipinski definition) is 3. The van der Waals surface area contributed by atoms with Crippen LogP contribution in [0.4, 0.5) is 0 Å². The average molecular weight is 281 g/mol. The summed E-state index contributed by atoms with van der Waals surface area (Å²) in [5.74, 6) is 0.112. The molecule has 5 heteroatoms. The monoisotopic (exact) mass is 281 g/mol. The molecule has 0 aliphatic heterocycles. The number of rotatable bonds is 7. The fraction of sp³-hybridized carbons (Fsp3) is 0.733. The van der Waals surface area contributed by atoms with Gasteiger partial charge in [0.2, 0.25) is 0 Å². The number of hydrogen-bond donors (Lipinski definition) is 2. The van der Waals surface area contributed by atoms with E-state index in [-0.39, 0.29) is 17.9 Å². The number of carbonyl (C=O) groups is 1. The van der Waals surface area contributed by atoms with E-state index in [9.17, 15) is 9.90 Å². The smallest absolute Gasteiger partial charge is 0.255 e. The first-order valence-corrected chi connectivity index (χ1v) is 7.38.